The second kappa shape index (κ2) is 4.39. The zero-order chi connectivity index (χ0) is 11.6. The second-order valence-corrected chi connectivity index (χ2v) is 5.21. The third-order valence-corrected chi connectivity index (χ3v) is 2.77. The Morgan fingerprint density at radius 3 is 2.53 bits per heavy atom. The van der Waals surface area contributed by atoms with Gasteiger partial charge in [-0.25, -0.2) is 4.79 Å². The molecule has 1 aliphatic heterocycles. The number of amides is 1. The van der Waals surface area contributed by atoms with Crippen LogP contribution in [0.25, 0.3) is 0 Å². The van der Waals surface area contributed by atoms with Crippen LogP contribution in [-0.2, 0) is 4.74 Å². The standard InChI is InChI=1S/C11H22N2O2/c1-8-9(5-6-12)7-13(8)10(14)15-11(2,3)4/h8-9H,5-7,12H2,1-4H3. The lowest BCUT2D eigenvalue weighted by molar-refractivity contribution is -0.0260. The highest BCUT2D eigenvalue weighted by atomic mass is 16.6. The van der Waals surface area contributed by atoms with E-state index in [1.807, 2.05) is 27.7 Å². The van der Waals surface area contributed by atoms with Crippen LogP contribution in [-0.4, -0.2) is 35.7 Å². The minimum absolute atomic E-state index is 0.205. The number of carbonyl (C=O) groups is 1. The number of nitrogens with two attached hydrogens (primary N) is 1. The molecular weight excluding hydrogens is 192 g/mol. The minimum Gasteiger partial charge on any atom is -0.444 e. The van der Waals surface area contributed by atoms with Crippen molar-refractivity contribution >= 4 is 6.09 Å². The maximum atomic E-state index is 11.7. The SMILES string of the molecule is CC1C(CCN)CN1C(=O)OC(C)(C)C. The molecule has 0 aromatic heterocycles. The lowest BCUT2D eigenvalue weighted by Crippen LogP contribution is -2.58. The van der Waals surface area contributed by atoms with Crippen molar-refractivity contribution in [2.45, 2.75) is 45.8 Å². The molecule has 1 fully saturated rings. The van der Waals surface area contributed by atoms with Crippen LogP contribution >= 0.6 is 0 Å². The van der Waals surface area contributed by atoms with E-state index in [0.717, 1.165) is 13.0 Å². The van der Waals surface area contributed by atoms with E-state index in [0.29, 0.717) is 12.5 Å². The number of rotatable bonds is 2. The van der Waals surface area contributed by atoms with Gasteiger partial charge in [0.2, 0.25) is 0 Å². The molecule has 4 nitrogen and oxygen atoms in total. The summed E-state index contributed by atoms with van der Waals surface area (Å²) >= 11 is 0. The fourth-order valence-corrected chi connectivity index (χ4v) is 1.80. The summed E-state index contributed by atoms with van der Waals surface area (Å²) in [5, 5.41) is 0. The van der Waals surface area contributed by atoms with Gasteiger partial charge in [-0.2, -0.15) is 0 Å². The molecule has 2 atom stereocenters. The Bertz CT molecular complexity index is 235. The highest BCUT2D eigenvalue weighted by Gasteiger charge is 2.39. The molecule has 0 radical (unpaired) electrons. The average Bonchev–Trinajstić information content (AvgIpc) is 2.07. The zero-order valence-corrected chi connectivity index (χ0v) is 10.1. The second-order valence-electron chi connectivity index (χ2n) is 5.21. The molecule has 0 bridgehead atoms. The number of hydrogen-bond acceptors (Lipinski definition) is 3. The molecule has 1 saturated heterocycles. The third kappa shape index (κ3) is 3.09. The molecule has 0 aliphatic carbocycles. The molecule has 0 spiro atoms. The molecule has 1 rings (SSSR count). The average molecular weight is 214 g/mol. The summed E-state index contributed by atoms with van der Waals surface area (Å²) < 4.78 is 5.29. The Balaban J connectivity index is 2.39. The molecule has 4 heteroatoms. The summed E-state index contributed by atoms with van der Waals surface area (Å²) in [7, 11) is 0. The summed E-state index contributed by atoms with van der Waals surface area (Å²) in [6.07, 6.45) is 0.781. The Kier molecular flexibility index (Phi) is 3.60. The highest BCUT2D eigenvalue weighted by molar-refractivity contribution is 5.69. The van der Waals surface area contributed by atoms with E-state index >= 15 is 0 Å². The normalized spacial score (nSPS) is 26.1. The maximum Gasteiger partial charge on any atom is 0.410 e. The van der Waals surface area contributed by atoms with E-state index < -0.39 is 5.60 Å². The van der Waals surface area contributed by atoms with Crippen LogP contribution < -0.4 is 5.73 Å². The maximum absolute atomic E-state index is 11.7. The predicted octanol–water partition coefficient (Wildman–Crippen LogP) is 1.59. The molecule has 1 heterocycles. The van der Waals surface area contributed by atoms with Gasteiger partial charge in [0.15, 0.2) is 0 Å². The fraction of sp³-hybridized carbons (Fsp3) is 0.909. The van der Waals surface area contributed by atoms with E-state index in [1.54, 1.807) is 4.90 Å². The Labute approximate surface area is 91.8 Å². The summed E-state index contributed by atoms with van der Waals surface area (Å²) in [5.41, 5.74) is 5.08. The first-order valence-corrected chi connectivity index (χ1v) is 5.55. The molecule has 88 valence electrons. The summed E-state index contributed by atoms with van der Waals surface area (Å²) in [4.78, 5) is 13.4. The molecule has 0 aromatic carbocycles. The van der Waals surface area contributed by atoms with Crippen molar-refractivity contribution in [1.82, 2.24) is 4.90 Å². The highest BCUT2D eigenvalue weighted by Crippen LogP contribution is 2.28. The van der Waals surface area contributed by atoms with E-state index in [-0.39, 0.29) is 12.1 Å². The van der Waals surface area contributed by atoms with Gasteiger partial charge in [-0.15, -0.1) is 0 Å². The Morgan fingerprint density at radius 1 is 1.53 bits per heavy atom. The first-order chi connectivity index (χ1) is 6.85. The van der Waals surface area contributed by atoms with Gasteiger partial charge >= 0.3 is 6.09 Å². The third-order valence-electron chi connectivity index (χ3n) is 2.77. The van der Waals surface area contributed by atoms with Gasteiger partial charge in [0.1, 0.15) is 5.60 Å². The van der Waals surface area contributed by atoms with Crippen molar-refractivity contribution in [2.24, 2.45) is 11.7 Å². The van der Waals surface area contributed by atoms with Crippen LogP contribution in [0.3, 0.4) is 0 Å². The molecule has 15 heavy (non-hydrogen) atoms. The summed E-state index contributed by atoms with van der Waals surface area (Å²) in [5.74, 6) is 0.544. The molecule has 0 saturated carbocycles. The van der Waals surface area contributed by atoms with Gasteiger partial charge in [0, 0.05) is 12.6 Å². The molecule has 0 aromatic rings. The zero-order valence-electron chi connectivity index (χ0n) is 10.1. The Morgan fingerprint density at radius 2 is 2.13 bits per heavy atom. The minimum atomic E-state index is -0.407. The quantitative estimate of drug-likeness (QED) is 0.759. The number of hydrogen-bond donors (Lipinski definition) is 1. The molecular formula is C11H22N2O2. The van der Waals surface area contributed by atoms with Crippen molar-refractivity contribution in [3.63, 3.8) is 0 Å². The van der Waals surface area contributed by atoms with Crippen LogP contribution in [0.15, 0.2) is 0 Å². The lowest BCUT2D eigenvalue weighted by atomic mass is 9.87. The van der Waals surface area contributed by atoms with E-state index in [2.05, 4.69) is 0 Å². The van der Waals surface area contributed by atoms with Gasteiger partial charge in [0.05, 0.1) is 0 Å². The van der Waals surface area contributed by atoms with Crippen molar-refractivity contribution < 1.29 is 9.53 Å². The number of ether oxygens (including phenoxy) is 1. The smallest absolute Gasteiger partial charge is 0.410 e. The van der Waals surface area contributed by atoms with Gasteiger partial charge in [-0.3, -0.25) is 0 Å². The topological polar surface area (TPSA) is 55.6 Å². The van der Waals surface area contributed by atoms with Crippen molar-refractivity contribution in [2.75, 3.05) is 13.1 Å². The van der Waals surface area contributed by atoms with Gasteiger partial charge in [-0.1, -0.05) is 0 Å². The monoisotopic (exact) mass is 214 g/mol. The summed E-state index contributed by atoms with van der Waals surface area (Å²) in [6, 6.07) is 0.267. The van der Waals surface area contributed by atoms with Crippen LogP contribution in [0.1, 0.15) is 34.1 Å². The number of likely N-dealkylation sites (tertiary alicyclic amines) is 1. The van der Waals surface area contributed by atoms with E-state index in [9.17, 15) is 4.79 Å². The van der Waals surface area contributed by atoms with Gasteiger partial charge in [0.25, 0.3) is 0 Å². The molecule has 2 unspecified atom stereocenters. The van der Waals surface area contributed by atoms with Crippen LogP contribution in [0.5, 0.6) is 0 Å². The number of carbonyl (C=O) groups excluding carboxylic acids is 1. The van der Waals surface area contributed by atoms with Crippen molar-refractivity contribution in [1.29, 1.82) is 0 Å². The first kappa shape index (κ1) is 12.3. The number of nitrogens with zero attached hydrogens (tertiary/aromatic N) is 1. The lowest BCUT2D eigenvalue weighted by Gasteiger charge is -2.46. The molecule has 2 N–H and O–H groups in total. The van der Waals surface area contributed by atoms with Crippen molar-refractivity contribution in [3.05, 3.63) is 0 Å². The van der Waals surface area contributed by atoms with Crippen LogP contribution in [0.4, 0.5) is 4.79 Å². The fourth-order valence-electron chi connectivity index (χ4n) is 1.80. The van der Waals surface area contributed by atoms with Crippen LogP contribution in [0, 0.1) is 5.92 Å². The molecule has 1 aliphatic rings. The van der Waals surface area contributed by atoms with E-state index in [1.165, 1.54) is 0 Å². The summed E-state index contributed by atoms with van der Waals surface area (Å²) in [6.45, 7) is 9.17. The van der Waals surface area contributed by atoms with Gasteiger partial charge < -0.3 is 15.4 Å². The predicted molar refractivity (Wildman–Crippen MR) is 59.6 cm³/mol. The first-order valence-electron chi connectivity index (χ1n) is 5.55. The van der Waals surface area contributed by atoms with Crippen molar-refractivity contribution in [3.8, 4) is 0 Å². The Hall–Kier alpha value is -0.770. The van der Waals surface area contributed by atoms with E-state index in [4.69, 9.17) is 10.5 Å². The molecule has 1 amide bonds. The van der Waals surface area contributed by atoms with Crippen LogP contribution in [0.2, 0.25) is 0 Å². The largest absolute Gasteiger partial charge is 0.444 e. The van der Waals surface area contributed by atoms with Gasteiger partial charge in [-0.05, 0) is 46.6 Å².